The van der Waals surface area contributed by atoms with Gasteiger partial charge in [0.2, 0.25) is 0 Å². The van der Waals surface area contributed by atoms with E-state index in [-0.39, 0.29) is 46.5 Å². The molecule has 0 N–H and O–H groups in total. The fraction of sp³-hybridized carbons (Fsp3) is 0.0154. The molecule has 142 heavy (non-hydrogen) atoms. The van der Waals surface area contributed by atoms with E-state index in [4.69, 9.17) is 0 Å². The van der Waals surface area contributed by atoms with Crippen LogP contribution in [0.25, 0.3) is 154 Å². The van der Waals surface area contributed by atoms with Crippen molar-refractivity contribution in [2.75, 3.05) is 19.6 Å². The molecule has 4 nitrogen and oxygen atoms in total. The highest BCUT2D eigenvalue weighted by Gasteiger charge is 2.29. The first-order chi connectivity index (χ1) is 69.4. The molecule has 24 aromatic rings. The lowest BCUT2D eigenvalue weighted by atomic mass is 9.91. The predicted octanol–water partition coefficient (Wildman–Crippen LogP) is 38.1. The first kappa shape index (κ1) is 88.0. The summed E-state index contributed by atoms with van der Waals surface area (Å²) in [5.41, 5.74) is 27.2. The van der Waals surface area contributed by atoms with Crippen LogP contribution in [0.15, 0.2) is 473 Å². The Morgan fingerprint density at radius 2 is 0.296 bits per heavy atom. The maximum absolute atomic E-state index is 14.4. The van der Waals surface area contributed by atoms with Gasteiger partial charge in [-0.15, -0.1) is 0 Å². The summed E-state index contributed by atoms with van der Waals surface area (Å²) < 4.78 is 115. The third kappa shape index (κ3) is 17.2. The summed E-state index contributed by atoms with van der Waals surface area (Å²) in [5, 5.41) is 12.9. The van der Waals surface area contributed by atoms with Gasteiger partial charge in [0.05, 0.1) is 22.7 Å². The number of aryl methyl sites for hydroxylation is 2. The molecule has 0 amide bonds. The Hall–Kier alpha value is -18.0. The van der Waals surface area contributed by atoms with E-state index < -0.39 is 0 Å². The van der Waals surface area contributed by atoms with Gasteiger partial charge in [0.25, 0.3) is 0 Å². The second-order valence-corrected chi connectivity index (χ2v) is 36.0. The van der Waals surface area contributed by atoms with E-state index in [9.17, 15) is 35.1 Å². The summed E-state index contributed by atoms with van der Waals surface area (Å²) in [5.74, 6) is -2.54. The van der Waals surface area contributed by atoms with Gasteiger partial charge >= 0.3 is 0 Å². The van der Waals surface area contributed by atoms with Gasteiger partial charge in [0, 0.05) is 67.0 Å². The van der Waals surface area contributed by atoms with E-state index in [0.29, 0.717) is 0 Å². The first-order valence-corrected chi connectivity index (χ1v) is 46.9. The minimum atomic E-state index is -0.318. The Balaban J connectivity index is 0.000000158. The summed E-state index contributed by atoms with van der Waals surface area (Å²) in [4.78, 5) is 9.09. The smallest absolute Gasteiger partial charge is 0.123 e. The zero-order valence-electron chi connectivity index (χ0n) is 76.8. The summed E-state index contributed by atoms with van der Waals surface area (Å²) in [7, 11) is 0. The van der Waals surface area contributed by atoms with Crippen molar-refractivity contribution in [2.45, 2.75) is 13.8 Å². The van der Waals surface area contributed by atoms with Crippen molar-refractivity contribution < 1.29 is 35.1 Å². The number of nitrogens with zero attached hydrogens (tertiary/aromatic N) is 4. The van der Waals surface area contributed by atoms with Gasteiger partial charge in [-0.05, 0) is 389 Å². The zero-order chi connectivity index (χ0) is 96.3. The van der Waals surface area contributed by atoms with Crippen molar-refractivity contribution in [1.29, 1.82) is 0 Å². The summed E-state index contributed by atoms with van der Waals surface area (Å²) >= 11 is 0. The lowest BCUT2D eigenvalue weighted by Crippen LogP contribution is -2.12. The van der Waals surface area contributed by atoms with Gasteiger partial charge in [0.1, 0.15) is 46.5 Å². The van der Waals surface area contributed by atoms with Crippen LogP contribution in [0.5, 0.6) is 0 Å². The van der Waals surface area contributed by atoms with E-state index in [1.807, 2.05) is 36.4 Å². The number of hydrogen-bond donors (Lipinski definition) is 0. The van der Waals surface area contributed by atoms with Crippen molar-refractivity contribution in [3.63, 3.8) is 0 Å². The summed E-state index contributed by atoms with van der Waals surface area (Å²) in [6.07, 6.45) is 0. The van der Waals surface area contributed by atoms with Crippen LogP contribution in [0.2, 0.25) is 0 Å². The molecule has 0 unspecified atom stereocenters. The Labute approximate surface area is 816 Å². The predicted molar refractivity (Wildman–Crippen MR) is 572 cm³/mol. The second-order valence-electron chi connectivity index (χ2n) is 36.0. The number of halogens is 8. The maximum atomic E-state index is 14.4. The number of para-hydroxylation sites is 2. The van der Waals surface area contributed by atoms with Gasteiger partial charge in [-0.1, -0.05) is 242 Å². The average Bonchev–Trinajstić information content (AvgIpc) is 0.719. The Morgan fingerprint density at radius 3 is 0.472 bits per heavy atom. The molecular weight excluding hydrogens is 1770 g/mol. The molecule has 24 rings (SSSR count). The highest BCUT2D eigenvalue weighted by molar-refractivity contribution is 6.30. The van der Waals surface area contributed by atoms with E-state index in [1.54, 1.807) is 97.1 Å². The summed E-state index contributed by atoms with van der Waals surface area (Å²) in [6, 6.07) is 150. The molecule has 0 atom stereocenters. The molecule has 0 bridgehead atoms. The largest absolute Gasteiger partial charge is 0.310 e. The van der Waals surface area contributed by atoms with Crippen molar-refractivity contribution in [3.8, 4) is 89.0 Å². The van der Waals surface area contributed by atoms with Gasteiger partial charge in [-0.2, -0.15) is 0 Å². The minimum absolute atomic E-state index is 0.318. The third-order valence-corrected chi connectivity index (χ3v) is 26.9. The highest BCUT2D eigenvalue weighted by Crippen LogP contribution is 2.54. The quantitative estimate of drug-likeness (QED) is 0.0557. The van der Waals surface area contributed by atoms with E-state index in [1.165, 1.54) is 97.1 Å². The number of rotatable bonds is 20. The monoisotopic (exact) mass is 1850 g/mol. The van der Waals surface area contributed by atoms with Crippen LogP contribution in [0.4, 0.5) is 103 Å². The Kier molecular flexibility index (Phi) is 23.0. The van der Waals surface area contributed by atoms with Crippen LogP contribution in [0.1, 0.15) is 11.1 Å². The normalized spacial score (nSPS) is 11.5. The van der Waals surface area contributed by atoms with Crippen LogP contribution in [0.3, 0.4) is 0 Å². The zero-order valence-corrected chi connectivity index (χ0v) is 76.8. The van der Waals surface area contributed by atoms with E-state index >= 15 is 0 Å². The lowest BCUT2D eigenvalue weighted by Gasteiger charge is -2.30. The molecule has 0 aliphatic rings. The topological polar surface area (TPSA) is 13.0 Å². The fourth-order valence-corrected chi connectivity index (χ4v) is 20.0. The molecule has 0 radical (unpaired) electrons. The standard InChI is InChI=1S/C66H44F4N2.C64H40F4N2/c1-41-3-27-57(28-4-41)71(59-37-49(43-7-19-53(67)20-8-43)35-50(38-59)44-9-21-54(68)22-10-44)63-33-17-47-16-32-62-64(34-18-48-15-31-61(63)65(47)66(48)62)72(58-29-5-42(2)6-30-58)60-39-51(45-11-23-55(69)24-12-45)36-52(40-60)46-13-25-56(70)26-14-46;65-51-23-11-41(12-24-51)47-35-48(42-13-25-52(66)26-14-42)38-57(37-47)69(55-7-3-1-4-8-55)61-33-21-45-20-32-60-62(34-22-46-19-31-59(61)63(45)64(46)60)70(56-9-5-2-6-10-56)58-39-49(43-15-27-53(67)28-16-43)36-50(40-58)44-17-29-54(68)30-18-44/h3-40H,1-2H3;1-40H. The van der Waals surface area contributed by atoms with Gasteiger partial charge in [-0.3, -0.25) is 0 Å². The molecule has 0 heterocycles. The van der Waals surface area contributed by atoms with Crippen molar-refractivity contribution in [3.05, 3.63) is 531 Å². The third-order valence-electron chi connectivity index (χ3n) is 26.9. The van der Waals surface area contributed by atoms with E-state index in [2.05, 4.69) is 276 Å². The fourth-order valence-electron chi connectivity index (χ4n) is 20.0. The van der Waals surface area contributed by atoms with Gasteiger partial charge in [-0.25, -0.2) is 35.1 Å². The van der Waals surface area contributed by atoms with Gasteiger partial charge in [0.15, 0.2) is 0 Å². The molecule has 0 saturated carbocycles. The molecule has 0 fully saturated rings. The summed E-state index contributed by atoms with van der Waals surface area (Å²) in [6.45, 7) is 4.15. The molecular formula is C130H84F8N4. The van der Waals surface area contributed by atoms with Crippen LogP contribution in [-0.2, 0) is 0 Å². The number of anilines is 12. The molecule has 680 valence electrons. The molecule has 0 saturated heterocycles. The van der Waals surface area contributed by atoms with Crippen LogP contribution >= 0.6 is 0 Å². The van der Waals surface area contributed by atoms with Crippen molar-refractivity contribution in [2.24, 2.45) is 0 Å². The van der Waals surface area contributed by atoms with Crippen LogP contribution in [0, 0.1) is 60.4 Å². The molecule has 12 heteroatoms. The van der Waals surface area contributed by atoms with Crippen LogP contribution < -0.4 is 19.6 Å². The van der Waals surface area contributed by atoms with Crippen LogP contribution in [-0.4, -0.2) is 0 Å². The maximum Gasteiger partial charge on any atom is 0.123 e. The number of benzene rings is 24. The highest BCUT2D eigenvalue weighted by atomic mass is 19.2. The first-order valence-electron chi connectivity index (χ1n) is 46.9. The Morgan fingerprint density at radius 1 is 0.134 bits per heavy atom. The average molecular weight is 1850 g/mol. The van der Waals surface area contributed by atoms with Crippen molar-refractivity contribution >= 4 is 133 Å². The molecule has 0 aliphatic heterocycles. The minimum Gasteiger partial charge on any atom is -0.310 e. The molecule has 0 aromatic heterocycles. The van der Waals surface area contributed by atoms with Crippen molar-refractivity contribution in [1.82, 2.24) is 0 Å². The second kappa shape index (κ2) is 37.1. The SMILES string of the molecule is Cc1ccc(N(c2cc(-c3ccc(F)cc3)cc(-c3ccc(F)cc3)c2)c2ccc3ccc4c(N(c5ccc(C)cc5)c5cc(-c6ccc(F)cc6)cc(-c6ccc(F)cc6)c5)ccc5ccc2c3c54)cc1.Fc1ccc(-c2cc(-c3ccc(F)cc3)cc(N(c3ccccc3)c3ccc4ccc5c(N(c6ccccc6)c6cc(-c7ccc(F)cc7)cc(-c7ccc(F)cc7)c6)ccc6ccc3c4c65)c2)cc1. The molecule has 24 aromatic carbocycles. The molecule has 0 spiro atoms. The van der Waals surface area contributed by atoms with Gasteiger partial charge < -0.3 is 19.6 Å². The number of hydrogen-bond acceptors (Lipinski definition) is 4. The lowest BCUT2D eigenvalue weighted by molar-refractivity contribution is 0.627. The van der Waals surface area contributed by atoms with E-state index in [0.717, 1.165) is 233 Å². The Bertz CT molecular complexity index is 8050. The molecule has 0 aliphatic carbocycles.